The number of aryl methyl sites for hydroxylation is 1. The van der Waals surface area contributed by atoms with E-state index in [4.69, 9.17) is 0 Å². The predicted octanol–water partition coefficient (Wildman–Crippen LogP) is 2.11. The number of H-pyrrole nitrogens is 1. The molecule has 98 valence electrons. The molecule has 2 aromatic rings. The summed E-state index contributed by atoms with van der Waals surface area (Å²) in [5.41, 5.74) is 5.16. The average Bonchev–Trinajstić information content (AvgIpc) is 3.07. The number of fused-ring (bicyclic) bond motifs is 1. The Morgan fingerprint density at radius 3 is 3.21 bits per heavy atom. The third-order valence-corrected chi connectivity index (χ3v) is 3.98. The normalized spacial score (nSPS) is 14.5. The van der Waals surface area contributed by atoms with Gasteiger partial charge in [0.2, 0.25) is 0 Å². The first-order valence-electron chi connectivity index (χ1n) is 6.27. The fourth-order valence-corrected chi connectivity index (χ4v) is 2.83. The van der Waals surface area contributed by atoms with Crippen LogP contribution < -0.4 is 5.43 Å². The largest absolute Gasteiger partial charge is 0.292 e. The molecular formula is C13H14N4OS. The maximum absolute atomic E-state index is 12.0. The maximum Gasteiger partial charge on any atom is 0.292 e. The van der Waals surface area contributed by atoms with Crippen LogP contribution in [0.4, 0.5) is 0 Å². The molecule has 0 aliphatic heterocycles. The summed E-state index contributed by atoms with van der Waals surface area (Å²) in [6.07, 6.45) is 5.82. The zero-order valence-electron chi connectivity index (χ0n) is 10.3. The van der Waals surface area contributed by atoms with Gasteiger partial charge in [-0.05, 0) is 37.1 Å². The number of amides is 1. The molecule has 5 nitrogen and oxygen atoms in total. The molecule has 0 unspecified atom stereocenters. The second-order valence-corrected chi connectivity index (χ2v) is 5.43. The van der Waals surface area contributed by atoms with Crippen molar-refractivity contribution in [2.45, 2.75) is 25.7 Å². The number of hydrazone groups is 1. The van der Waals surface area contributed by atoms with Crippen LogP contribution in [0.3, 0.4) is 0 Å². The summed E-state index contributed by atoms with van der Waals surface area (Å²) < 4.78 is 0. The summed E-state index contributed by atoms with van der Waals surface area (Å²) in [4.78, 5) is 13.0. The highest BCUT2D eigenvalue weighted by Gasteiger charge is 2.21. The molecule has 0 aromatic carbocycles. The number of aromatic nitrogens is 2. The van der Waals surface area contributed by atoms with Gasteiger partial charge in [0.25, 0.3) is 5.91 Å². The van der Waals surface area contributed by atoms with Gasteiger partial charge < -0.3 is 0 Å². The molecule has 19 heavy (non-hydrogen) atoms. The van der Waals surface area contributed by atoms with Gasteiger partial charge in [-0.1, -0.05) is 6.07 Å². The van der Waals surface area contributed by atoms with E-state index in [1.807, 2.05) is 17.5 Å². The first-order valence-corrected chi connectivity index (χ1v) is 7.15. The van der Waals surface area contributed by atoms with Crippen LogP contribution in [0, 0.1) is 0 Å². The second-order valence-electron chi connectivity index (χ2n) is 4.45. The van der Waals surface area contributed by atoms with E-state index in [1.54, 1.807) is 17.6 Å². The predicted molar refractivity (Wildman–Crippen MR) is 74.6 cm³/mol. The minimum absolute atomic E-state index is 0.243. The van der Waals surface area contributed by atoms with E-state index in [-0.39, 0.29) is 5.91 Å². The van der Waals surface area contributed by atoms with Gasteiger partial charge in [0.1, 0.15) is 0 Å². The van der Waals surface area contributed by atoms with Crippen molar-refractivity contribution < 1.29 is 4.79 Å². The Kier molecular flexibility index (Phi) is 3.41. The lowest BCUT2D eigenvalue weighted by atomic mass is 9.96. The molecule has 3 rings (SSSR count). The molecule has 0 saturated carbocycles. The first-order chi connectivity index (χ1) is 9.34. The number of thiophene rings is 1. The number of nitrogens with zero attached hydrogens (tertiary/aromatic N) is 2. The number of hydrogen-bond donors (Lipinski definition) is 2. The Morgan fingerprint density at radius 1 is 1.47 bits per heavy atom. The molecule has 6 heteroatoms. The highest BCUT2D eigenvalue weighted by atomic mass is 32.1. The van der Waals surface area contributed by atoms with Gasteiger partial charge in [0, 0.05) is 16.1 Å². The number of rotatable bonds is 3. The van der Waals surface area contributed by atoms with Crippen LogP contribution in [0.5, 0.6) is 0 Å². The highest BCUT2D eigenvalue weighted by molar-refractivity contribution is 7.11. The first kappa shape index (κ1) is 12.1. The molecule has 1 aliphatic rings. The van der Waals surface area contributed by atoms with Crippen LogP contribution >= 0.6 is 11.3 Å². The van der Waals surface area contributed by atoms with Gasteiger partial charge in [-0.25, -0.2) is 5.43 Å². The van der Waals surface area contributed by atoms with Crippen molar-refractivity contribution in [1.82, 2.24) is 15.6 Å². The standard InChI is InChI=1S/C13H14N4OS/c18-13(17-14-8-9-4-3-7-19-9)12-10-5-1-2-6-11(10)15-16-12/h3-4,7-8H,1-2,5-6H2,(H,15,16)(H,17,18). The summed E-state index contributed by atoms with van der Waals surface area (Å²) in [7, 11) is 0. The van der Waals surface area contributed by atoms with E-state index in [1.165, 1.54) is 0 Å². The van der Waals surface area contributed by atoms with Gasteiger partial charge in [-0.2, -0.15) is 10.2 Å². The zero-order chi connectivity index (χ0) is 13.1. The Morgan fingerprint density at radius 2 is 2.37 bits per heavy atom. The van der Waals surface area contributed by atoms with Crippen molar-refractivity contribution >= 4 is 23.5 Å². The van der Waals surface area contributed by atoms with E-state index in [2.05, 4.69) is 20.7 Å². The third-order valence-electron chi connectivity index (χ3n) is 3.17. The lowest BCUT2D eigenvalue weighted by Crippen LogP contribution is -2.20. The fraction of sp³-hybridized carbons (Fsp3) is 0.308. The van der Waals surface area contributed by atoms with Gasteiger partial charge in [-0.3, -0.25) is 9.89 Å². The van der Waals surface area contributed by atoms with Crippen molar-refractivity contribution in [3.8, 4) is 0 Å². The molecular weight excluding hydrogens is 260 g/mol. The van der Waals surface area contributed by atoms with Crippen LogP contribution in [-0.2, 0) is 12.8 Å². The van der Waals surface area contributed by atoms with Crippen LogP contribution in [0.1, 0.15) is 39.5 Å². The molecule has 1 aliphatic carbocycles. The number of nitrogens with one attached hydrogen (secondary N) is 2. The van der Waals surface area contributed by atoms with Crippen LogP contribution in [0.15, 0.2) is 22.6 Å². The molecule has 2 aromatic heterocycles. The minimum Gasteiger partial charge on any atom is -0.281 e. The number of hydrogen-bond acceptors (Lipinski definition) is 4. The lowest BCUT2D eigenvalue weighted by molar-refractivity contribution is 0.0949. The molecule has 0 radical (unpaired) electrons. The summed E-state index contributed by atoms with van der Waals surface area (Å²) in [6, 6.07) is 3.88. The Hall–Kier alpha value is -1.95. The second kappa shape index (κ2) is 5.36. The molecule has 0 spiro atoms. The van der Waals surface area contributed by atoms with Gasteiger partial charge >= 0.3 is 0 Å². The minimum atomic E-state index is -0.243. The fourth-order valence-electron chi connectivity index (χ4n) is 2.24. The number of carbonyl (C=O) groups is 1. The lowest BCUT2D eigenvalue weighted by Gasteiger charge is -2.10. The van der Waals surface area contributed by atoms with E-state index in [9.17, 15) is 4.79 Å². The van der Waals surface area contributed by atoms with Crippen molar-refractivity contribution in [2.24, 2.45) is 5.10 Å². The van der Waals surface area contributed by atoms with Crippen molar-refractivity contribution in [3.05, 3.63) is 39.3 Å². The molecule has 0 saturated heterocycles. The molecule has 2 heterocycles. The summed E-state index contributed by atoms with van der Waals surface area (Å²) in [5, 5.41) is 13.0. The molecule has 0 fully saturated rings. The maximum atomic E-state index is 12.0. The molecule has 0 atom stereocenters. The zero-order valence-corrected chi connectivity index (χ0v) is 11.2. The van der Waals surface area contributed by atoms with Crippen LogP contribution in [0.25, 0.3) is 0 Å². The van der Waals surface area contributed by atoms with E-state index >= 15 is 0 Å². The Balaban J connectivity index is 1.69. The van der Waals surface area contributed by atoms with E-state index < -0.39 is 0 Å². The van der Waals surface area contributed by atoms with Gasteiger partial charge in [-0.15, -0.1) is 11.3 Å². The summed E-state index contributed by atoms with van der Waals surface area (Å²) >= 11 is 1.57. The summed E-state index contributed by atoms with van der Waals surface area (Å²) in [6.45, 7) is 0. The van der Waals surface area contributed by atoms with Crippen LogP contribution in [-0.4, -0.2) is 22.3 Å². The van der Waals surface area contributed by atoms with Crippen molar-refractivity contribution in [1.29, 1.82) is 0 Å². The summed E-state index contributed by atoms with van der Waals surface area (Å²) in [5.74, 6) is -0.243. The quantitative estimate of drug-likeness (QED) is 0.665. The molecule has 0 bridgehead atoms. The third kappa shape index (κ3) is 2.58. The van der Waals surface area contributed by atoms with Crippen LogP contribution in [0.2, 0.25) is 0 Å². The Labute approximate surface area is 114 Å². The van der Waals surface area contributed by atoms with Crippen molar-refractivity contribution in [2.75, 3.05) is 0 Å². The molecule has 1 amide bonds. The Bertz CT molecular complexity index is 600. The van der Waals surface area contributed by atoms with E-state index in [0.29, 0.717) is 5.69 Å². The SMILES string of the molecule is O=C(NN=Cc1cccs1)c1n[nH]c2c1CCCC2. The van der Waals surface area contributed by atoms with Crippen molar-refractivity contribution in [3.63, 3.8) is 0 Å². The number of aromatic amines is 1. The smallest absolute Gasteiger partial charge is 0.281 e. The van der Waals surface area contributed by atoms with Gasteiger partial charge in [0.05, 0.1) is 6.21 Å². The number of carbonyl (C=O) groups excluding carboxylic acids is 1. The highest BCUT2D eigenvalue weighted by Crippen LogP contribution is 2.21. The topological polar surface area (TPSA) is 70.1 Å². The van der Waals surface area contributed by atoms with E-state index in [0.717, 1.165) is 41.8 Å². The monoisotopic (exact) mass is 274 g/mol. The van der Waals surface area contributed by atoms with Gasteiger partial charge in [0.15, 0.2) is 5.69 Å². The molecule has 2 N–H and O–H groups in total. The average molecular weight is 274 g/mol.